The zero-order chi connectivity index (χ0) is 18.3. The van der Waals surface area contributed by atoms with Crippen LogP contribution in [-0.2, 0) is 28.8 Å². The van der Waals surface area contributed by atoms with Crippen molar-refractivity contribution < 1.29 is 39.1 Å². The predicted octanol–water partition coefficient (Wildman–Crippen LogP) is -4.21. The molecule has 1 aliphatic heterocycles. The number of hydrazine groups is 1. The lowest BCUT2D eigenvalue weighted by atomic mass is 9.90. The van der Waals surface area contributed by atoms with Crippen LogP contribution in [0.3, 0.4) is 0 Å². The number of aliphatic hydroxyl groups is 2. The minimum atomic E-state index is -2.48. The summed E-state index contributed by atoms with van der Waals surface area (Å²) in [6.45, 7) is 1.12. The first kappa shape index (κ1) is 20.6. The summed E-state index contributed by atoms with van der Waals surface area (Å²) in [5, 5.41) is 20.4. The molecule has 0 aliphatic carbocycles. The smallest absolute Gasteiger partial charge is 0.385 e. The molecule has 0 spiro atoms. The third-order valence-corrected chi connectivity index (χ3v) is 3.46. The molecule has 0 radical (unpaired) electrons. The molecule has 1 heterocycles. The number of ether oxygens (including phenoxy) is 1. The average Bonchev–Trinajstić information content (AvgIpc) is 2.52. The van der Waals surface area contributed by atoms with E-state index in [-0.39, 0.29) is 13.0 Å². The number of hydrogen-bond acceptors (Lipinski definition) is 12. The quantitative estimate of drug-likeness (QED) is 0.207. The summed E-state index contributed by atoms with van der Waals surface area (Å²) in [5.74, 6) is 10.6. The maximum absolute atomic E-state index is 11.6. The molecule has 5 atom stereocenters. The van der Waals surface area contributed by atoms with Gasteiger partial charge in [-0.1, -0.05) is 0 Å². The van der Waals surface area contributed by atoms with E-state index in [1.807, 2.05) is 0 Å². The summed E-state index contributed by atoms with van der Waals surface area (Å²) in [6.07, 6.45) is -3.74. The van der Waals surface area contributed by atoms with E-state index in [1.165, 1.54) is 6.92 Å². The van der Waals surface area contributed by atoms with Crippen molar-refractivity contribution in [1.29, 1.82) is 0 Å². The summed E-state index contributed by atoms with van der Waals surface area (Å²) in [6, 6.07) is -0.907. The highest BCUT2D eigenvalue weighted by Gasteiger charge is 2.52. The van der Waals surface area contributed by atoms with E-state index in [0.29, 0.717) is 0 Å². The second-order valence-electron chi connectivity index (χ2n) is 5.30. The fraction of sp³-hybridized carbons (Fsp3) is 0.818. The molecular weight excluding hydrogens is 330 g/mol. The summed E-state index contributed by atoms with van der Waals surface area (Å²) >= 11 is 0. The van der Waals surface area contributed by atoms with Gasteiger partial charge in [0.25, 0.3) is 5.79 Å². The highest BCUT2D eigenvalue weighted by molar-refractivity contribution is 5.77. The van der Waals surface area contributed by atoms with Crippen molar-refractivity contribution >= 4 is 11.9 Å². The molecule has 0 bridgehead atoms. The Morgan fingerprint density at radius 2 is 2.08 bits per heavy atom. The first-order valence-corrected chi connectivity index (χ1v) is 6.96. The van der Waals surface area contributed by atoms with E-state index in [4.69, 9.17) is 22.4 Å². The van der Waals surface area contributed by atoms with Crippen molar-refractivity contribution in [2.45, 2.75) is 49.9 Å². The van der Waals surface area contributed by atoms with Gasteiger partial charge in [0.05, 0.1) is 24.9 Å². The van der Waals surface area contributed by atoms with Crippen molar-refractivity contribution in [3.63, 3.8) is 0 Å². The Balaban J connectivity index is 2.95. The number of nitrogens with two attached hydrogens (primary N) is 3. The fourth-order valence-electron chi connectivity index (χ4n) is 2.35. The Bertz CT molecular complexity index is 441. The van der Waals surface area contributed by atoms with Crippen LogP contribution in [0.15, 0.2) is 0 Å². The molecule has 3 unspecified atom stereocenters. The molecule has 1 saturated heterocycles. The lowest BCUT2D eigenvalue weighted by Gasteiger charge is -2.43. The SMILES string of the molecule is CC(=O)NN[C@@H]1C(O)C[C@](O)(C(=O)ON)OC1CC(CON)ON. The van der Waals surface area contributed by atoms with Gasteiger partial charge in [-0.05, 0) is 0 Å². The molecule has 1 fully saturated rings. The molecule has 13 heteroatoms. The van der Waals surface area contributed by atoms with Gasteiger partial charge in [0.2, 0.25) is 5.91 Å². The highest BCUT2D eigenvalue weighted by atomic mass is 16.7. The molecule has 0 aromatic rings. The van der Waals surface area contributed by atoms with E-state index in [1.54, 1.807) is 0 Å². The fourth-order valence-corrected chi connectivity index (χ4v) is 2.35. The van der Waals surface area contributed by atoms with Crippen LogP contribution in [0.1, 0.15) is 19.8 Å². The van der Waals surface area contributed by atoms with Gasteiger partial charge < -0.3 is 24.6 Å². The second-order valence-corrected chi connectivity index (χ2v) is 5.30. The molecule has 1 rings (SSSR count). The van der Waals surface area contributed by atoms with E-state index in [9.17, 15) is 19.8 Å². The first-order chi connectivity index (χ1) is 11.3. The van der Waals surface area contributed by atoms with E-state index in [2.05, 4.69) is 25.4 Å². The molecule has 1 amide bonds. The van der Waals surface area contributed by atoms with E-state index < -0.39 is 48.4 Å². The van der Waals surface area contributed by atoms with Crippen LogP contribution in [0.5, 0.6) is 0 Å². The lowest BCUT2D eigenvalue weighted by Crippen LogP contribution is -2.65. The van der Waals surface area contributed by atoms with Crippen LogP contribution in [0.4, 0.5) is 0 Å². The molecular formula is C11H23N5O8. The number of amides is 1. The summed E-state index contributed by atoms with van der Waals surface area (Å²) in [4.78, 5) is 35.7. The first-order valence-electron chi connectivity index (χ1n) is 6.96. The average molecular weight is 353 g/mol. The number of hydrogen-bond donors (Lipinski definition) is 7. The molecule has 1 aliphatic rings. The van der Waals surface area contributed by atoms with Crippen LogP contribution >= 0.6 is 0 Å². The molecule has 24 heavy (non-hydrogen) atoms. The molecule has 0 aromatic carbocycles. The summed E-state index contributed by atoms with van der Waals surface area (Å²) in [5.41, 5.74) is 4.84. The zero-order valence-corrected chi connectivity index (χ0v) is 13.0. The van der Waals surface area contributed by atoms with Crippen molar-refractivity contribution in [3.05, 3.63) is 0 Å². The molecule has 10 N–H and O–H groups in total. The monoisotopic (exact) mass is 353 g/mol. The van der Waals surface area contributed by atoms with Crippen molar-refractivity contribution in [3.8, 4) is 0 Å². The summed E-state index contributed by atoms with van der Waals surface area (Å²) < 4.78 is 5.32. The predicted molar refractivity (Wildman–Crippen MR) is 75.3 cm³/mol. The van der Waals surface area contributed by atoms with Gasteiger partial charge in [0.15, 0.2) is 0 Å². The van der Waals surface area contributed by atoms with E-state index in [0.717, 1.165) is 0 Å². The largest absolute Gasteiger partial charge is 0.391 e. The van der Waals surface area contributed by atoms with Gasteiger partial charge >= 0.3 is 5.97 Å². The van der Waals surface area contributed by atoms with Crippen molar-refractivity contribution in [2.75, 3.05) is 6.61 Å². The van der Waals surface area contributed by atoms with Gasteiger partial charge in [0, 0.05) is 19.8 Å². The number of carbonyl (C=O) groups is 2. The van der Waals surface area contributed by atoms with Crippen LogP contribution < -0.4 is 28.5 Å². The normalized spacial score (nSPS) is 31.3. The van der Waals surface area contributed by atoms with Crippen LogP contribution in [-0.4, -0.2) is 58.8 Å². The number of carbonyl (C=O) groups excluding carboxylic acids is 2. The second kappa shape index (κ2) is 9.16. The van der Waals surface area contributed by atoms with Gasteiger partial charge in [-0.3, -0.25) is 15.1 Å². The summed E-state index contributed by atoms with van der Waals surface area (Å²) in [7, 11) is 0. The third kappa shape index (κ3) is 5.30. The van der Waals surface area contributed by atoms with Crippen molar-refractivity contribution in [1.82, 2.24) is 10.9 Å². The Morgan fingerprint density at radius 3 is 2.58 bits per heavy atom. The van der Waals surface area contributed by atoms with Crippen LogP contribution in [0, 0.1) is 0 Å². The molecule has 0 aromatic heterocycles. The number of rotatable bonds is 8. The van der Waals surface area contributed by atoms with Gasteiger partial charge in [-0.15, -0.1) is 0 Å². The standard InChI is InChI=1S/C11H23N5O8/c1-5(17)15-16-9-7(18)3-11(20,10(19)24-14)22-8(9)2-6(23-13)4-21-12/h6-9,16,18,20H,2-4,12-14H2,1H3,(H,15,17)/t6?,7?,8?,9-,11-/m1/s1. The minimum Gasteiger partial charge on any atom is -0.391 e. The Labute approximate surface area is 137 Å². The van der Waals surface area contributed by atoms with Gasteiger partial charge in [0.1, 0.15) is 6.10 Å². The van der Waals surface area contributed by atoms with Gasteiger partial charge in [-0.25, -0.2) is 22.0 Å². The lowest BCUT2D eigenvalue weighted by molar-refractivity contribution is -0.285. The van der Waals surface area contributed by atoms with Crippen LogP contribution in [0.25, 0.3) is 0 Å². The maximum Gasteiger partial charge on any atom is 0.385 e. The highest BCUT2D eigenvalue weighted by Crippen LogP contribution is 2.30. The molecule has 13 nitrogen and oxygen atoms in total. The Kier molecular flexibility index (Phi) is 7.88. The molecule has 0 saturated carbocycles. The Hall–Kier alpha value is -1.42. The van der Waals surface area contributed by atoms with Gasteiger partial charge in [-0.2, -0.15) is 5.90 Å². The van der Waals surface area contributed by atoms with E-state index >= 15 is 0 Å². The van der Waals surface area contributed by atoms with Crippen molar-refractivity contribution in [2.24, 2.45) is 17.7 Å². The molecule has 140 valence electrons. The number of nitrogens with one attached hydrogen (secondary N) is 2. The Morgan fingerprint density at radius 1 is 1.42 bits per heavy atom. The minimum absolute atomic E-state index is 0.0534. The zero-order valence-electron chi connectivity index (χ0n) is 13.0. The number of aliphatic hydroxyl groups excluding tert-OH is 1. The maximum atomic E-state index is 11.6. The topological polar surface area (TPSA) is 214 Å². The van der Waals surface area contributed by atoms with Crippen LogP contribution in [0.2, 0.25) is 0 Å². The third-order valence-electron chi connectivity index (χ3n) is 3.46.